The van der Waals surface area contributed by atoms with Gasteiger partial charge in [0, 0.05) is 18.5 Å². The molecule has 2 fully saturated rings. The number of amides is 4. The largest absolute Gasteiger partial charge is 0.282 e. The Balaban J connectivity index is 0.000000312. The van der Waals surface area contributed by atoms with Gasteiger partial charge in [0.05, 0.1) is 17.1 Å². The number of allylic oxidation sites excluding steroid dienone is 2. The molecule has 0 saturated carbocycles. The Morgan fingerprint density at radius 2 is 1.47 bits per heavy atom. The number of nitrogens with zero attached hydrogens (tertiary/aromatic N) is 2. The summed E-state index contributed by atoms with van der Waals surface area (Å²) in [6.07, 6.45) is 5.18. The Morgan fingerprint density at radius 3 is 1.82 bits per heavy atom. The fraction of sp³-hybridized carbons (Fsp3) is 0.778. The lowest BCUT2D eigenvalue weighted by molar-refractivity contribution is -0.144. The molecule has 0 bridgehead atoms. The van der Waals surface area contributed by atoms with Gasteiger partial charge in [0.25, 0.3) is 0 Å². The van der Waals surface area contributed by atoms with Crippen molar-refractivity contribution in [1.82, 2.24) is 9.80 Å². The molecule has 0 aromatic rings. The predicted octanol–water partition coefficient (Wildman–Crippen LogP) is 4.98. The monoisotopic (exact) mass is 494 g/mol. The molecule has 4 unspecified atom stereocenters. The van der Waals surface area contributed by atoms with Gasteiger partial charge in [0.1, 0.15) is 0 Å². The molecule has 2 saturated heterocycles. The van der Waals surface area contributed by atoms with Crippen molar-refractivity contribution in [3.63, 3.8) is 0 Å². The molecule has 0 aromatic carbocycles. The minimum atomic E-state index is -0.434. The fourth-order valence-corrected chi connectivity index (χ4v) is 4.77. The number of thiol groups is 1. The van der Waals surface area contributed by atoms with Crippen molar-refractivity contribution in [2.75, 3.05) is 6.54 Å². The minimum absolute atomic E-state index is 0.0497. The Hall–Kier alpha value is -1.63. The highest BCUT2D eigenvalue weighted by atomic mass is 32.1. The summed E-state index contributed by atoms with van der Waals surface area (Å²) in [5.41, 5.74) is -0.411. The zero-order chi connectivity index (χ0) is 26.5. The molecule has 2 heterocycles. The minimum Gasteiger partial charge on any atom is -0.282 e. The van der Waals surface area contributed by atoms with Crippen LogP contribution in [0.4, 0.5) is 0 Å². The molecule has 3 aliphatic rings. The van der Waals surface area contributed by atoms with E-state index in [9.17, 15) is 19.2 Å². The van der Waals surface area contributed by atoms with Gasteiger partial charge in [0.15, 0.2) is 0 Å². The molecule has 6 nitrogen and oxygen atoms in total. The lowest BCUT2D eigenvalue weighted by atomic mass is 9.73. The fourth-order valence-electron chi connectivity index (χ4n) is 4.50. The maximum Gasteiger partial charge on any atom is 0.243 e. The summed E-state index contributed by atoms with van der Waals surface area (Å²) in [5.74, 6) is 1.40. The molecule has 34 heavy (non-hydrogen) atoms. The highest BCUT2D eigenvalue weighted by Gasteiger charge is 2.51. The Labute approximate surface area is 212 Å². The Kier molecular flexibility index (Phi) is 11.1. The molecule has 0 aromatic heterocycles. The summed E-state index contributed by atoms with van der Waals surface area (Å²) in [4.78, 5) is 50.3. The van der Waals surface area contributed by atoms with Crippen molar-refractivity contribution in [1.29, 1.82) is 0 Å². The third-order valence-electron chi connectivity index (χ3n) is 5.84. The van der Waals surface area contributed by atoms with Crippen LogP contribution in [-0.2, 0) is 19.2 Å². The first-order valence-corrected chi connectivity index (χ1v) is 13.1. The smallest absolute Gasteiger partial charge is 0.243 e. The van der Waals surface area contributed by atoms with Crippen LogP contribution in [0.15, 0.2) is 12.2 Å². The average Bonchev–Trinajstić information content (AvgIpc) is 3.08. The van der Waals surface area contributed by atoms with E-state index < -0.39 is 10.8 Å². The van der Waals surface area contributed by atoms with E-state index in [1.807, 2.05) is 34.6 Å². The SMILES string of the molecule is CC(C)(C)N1C(=O)CC(S)C1=O.CC(C)C.CC(C)CN1C(=O)C2CC=CC(C(C)C)C2C1=O. The van der Waals surface area contributed by atoms with Crippen LogP contribution in [0.5, 0.6) is 0 Å². The van der Waals surface area contributed by atoms with Gasteiger partial charge in [-0.3, -0.25) is 29.0 Å². The maximum absolute atomic E-state index is 12.5. The molecule has 194 valence electrons. The van der Waals surface area contributed by atoms with E-state index in [4.69, 9.17) is 0 Å². The summed E-state index contributed by atoms with van der Waals surface area (Å²) in [6, 6.07) is 0. The third-order valence-corrected chi connectivity index (χ3v) is 6.25. The van der Waals surface area contributed by atoms with E-state index in [1.165, 1.54) is 9.80 Å². The van der Waals surface area contributed by atoms with Crippen molar-refractivity contribution >= 4 is 36.3 Å². The molecule has 7 heteroatoms. The molecule has 0 spiro atoms. The molecule has 1 aliphatic carbocycles. The van der Waals surface area contributed by atoms with Crippen molar-refractivity contribution in [3.05, 3.63) is 12.2 Å². The van der Waals surface area contributed by atoms with Crippen LogP contribution in [0, 0.1) is 35.5 Å². The first-order valence-electron chi connectivity index (χ1n) is 12.6. The molecule has 0 N–H and O–H groups in total. The zero-order valence-electron chi connectivity index (χ0n) is 22.8. The van der Waals surface area contributed by atoms with Crippen LogP contribution in [0.1, 0.15) is 82.1 Å². The van der Waals surface area contributed by atoms with Gasteiger partial charge in [-0.1, -0.05) is 60.6 Å². The molecule has 4 atom stereocenters. The van der Waals surface area contributed by atoms with Gasteiger partial charge < -0.3 is 0 Å². The number of imide groups is 2. The summed E-state index contributed by atoms with van der Waals surface area (Å²) in [5, 5.41) is -0.434. The Morgan fingerprint density at radius 1 is 0.941 bits per heavy atom. The van der Waals surface area contributed by atoms with E-state index in [0.29, 0.717) is 18.4 Å². The van der Waals surface area contributed by atoms with Gasteiger partial charge in [0.2, 0.25) is 23.6 Å². The number of fused-ring (bicyclic) bond motifs is 1. The van der Waals surface area contributed by atoms with Crippen molar-refractivity contribution < 1.29 is 19.2 Å². The van der Waals surface area contributed by atoms with E-state index in [0.717, 1.165) is 12.3 Å². The standard InChI is InChI=1S/C15H23NO2.C8H13NO2S.C4H10/c1-9(2)8-16-14(17)12-7-5-6-11(10(3)4)13(12)15(16)18;1-8(2,3)9-6(10)4-5(12)7(9)11;1-4(2)3/h5-6,9-13H,7-8H2,1-4H3;5,12H,4H2,1-3H3;4H,1-3H3. The van der Waals surface area contributed by atoms with Crippen LogP contribution in [0.3, 0.4) is 0 Å². The first kappa shape index (κ1) is 30.4. The van der Waals surface area contributed by atoms with Crippen LogP contribution in [0.25, 0.3) is 0 Å². The van der Waals surface area contributed by atoms with E-state index in [-0.39, 0.29) is 47.8 Å². The topological polar surface area (TPSA) is 74.8 Å². The highest BCUT2D eigenvalue weighted by Crippen LogP contribution is 2.41. The Bertz CT molecular complexity index is 779. The van der Waals surface area contributed by atoms with Crippen molar-refractivity contribution in [2.24, 2.45) is 35.5 Å². The summed E-state index contributed by atoms with van der Waals surface area (Å²) in [7, 11) is 0. The summed E-state index contributed by atoms with van der Waals surface area (Å²) < 4.78 is 0. The molecule has 0 radical (unpaired) electrons. The number of carbonyl (C=O) groups is 4. The molecule has 3 rings (SSSR count). The second kappa shape index (κ2) is 12.4. The third kappa shape index (κ3) is 7.69. The highest BCUT2D eigenvalue weighted by molar-refractivity contribution is 7.81. The number of likely N-dealkylation sites (tertiary alicyclic amines) is 2. The van der Waals surface area contributed by atoms with Gasteiger partial charge >= 0.3 is 0 Å². The van der Waals surface area contributed by atoms with Gasteiger partial charge in [-0.05, 0) is 50.9 Å². The molecular weight excluding hydrogens is 448 g/mol. The normalized spacial score (nSPS) is 26.8. The number of rotatable bonds is 3. The summed E-state index contributed by atoms with van der Waals surface area (Å²) in [6.45, 7) is 20.9. The number of hydrogen-bond acceptors (Lipinski definition) is 5. The van der Waals surface area contributed by atoms with Crippen LogP contribution < -0.4 is 0 Å². The second-order valence-electron chi connectivity index (χ2n) is 12.0. The molecule has 2 aliphatic heterocycles. The average molecular weight is 495 g/mol. The van der Waals surface area contributed by atoms with Crippen LogP contribution in [-0.4, -0.2) is 50.8 Å². The van der Waals surface area contributed by atoms with E-state index in [2.05, 4.69) is 59.4 Å². The van der Waals surface area contributed by atoms with Crippen LogP contribution >= 0.6 is 12.6 Å². The quantitative estimate of drug-likeness (QED) is 0.341. The first-order chi connectivity index (χ1) is 15.5. The zero-order valence-corrected chi connectivity index (χ0v) is 23.7. The lowest BCUT2D eigenvalue weighted by Gasteiger charge is -2.29. The second-order valence-corrected chi connectivity index (χ2v) is 12.6. The number of hydrogen-bond donors (Lipinski definition) is 1. The van der Waals surface area contributed by atoms with Crippen LogP contribution in [0.2, 0.25) is 0 Å². The van der Waals surface area contributed by atoms with E-state index >= 15 is 0 Å². The van der Waals surface area contributed by atoms with Crippen molar-refractivity contribution in [3.8, 4) is 0 Å². The lowest BCUT2D eigenvalue weighted by Crippen LogP contribution is -2.45. The predicted molar refractivity (Wildman–Crippen MR) is 140 cm³/mol. The summed E-state index contributed by atoms with van der Waals surface area (Å²) >= 11 is 4.03. The van der Waals surface area contributed by atoms with E-state index in [1.54, 1.807) is 0 Å². The number of carbonyl (C=O) groups excluding carboxylic acids is 4. The van der Waals surface area contributed by atoms with Gasteiger partial charge in [-0.2, -0.15) is 12.6 Å². The molecular formula is C27H46N2O4S. The maximum atomic E-state index is 12.5. The van der Waals surface area contributed by atoms with Gasteiger partial charge in [-0.25, -0.2) is 0 Å². The van der Waals surface area contributed by atoms with Gasteiger partial charge in [-0.15, -0.1) is 0 Å². The van der Waals surface area contributed by atoms with Crippen molar-refractivity contribution in [2.45, 2.75) is 92.9 Å². The molecule has 4 amide bonds.